The molecule has 6 heteroatoms. The molecule has 0 saturated heterocycles. The number of nitrogens with one attached hydrogen (secondary N) is 1. The number of hydrogen-bond donors (Lipinski definition) is 1. The number of benzene rings is 1. The van der Waals surface area contributed by atoms with Crippen molar-refractivity contribution in [3.8, 4) is 17.4 Å². The third-order valence-electron chi connectivity index (χ3n) is 2.76. The number of hydrogen-bond acceptors (Lipinski definition) is 6. The van der Waals surface area contributed by atoms with Gasteiger partial charge in [-0.1, -0.05) is 18.2 Å². The first-order valence-corrected chi connectivity index (χ1v) is 6.38. The van der Waals surface area contributed by atoms with Crippen LogP contribution in [0.25, 0.3) is 11.4 Å². The lowest BCUT2D eigenvalue weighted by molar-refractivity contribution is 0.380. The van der Waals surface area contributed by atoms with Gasteiger partial charge in [-0.3, -0.25) is 0 Å². The molecular formula is C15H13N5O. The van der Waals surface area contributed by atoms with Crippen LogP contribution in [0.3, 0.4) is 0 Å². The normalized spacial score (nSPS) is 10.1. The van der Waals surface area contributed by atoms with Crippen molar-refractivity contribution >= 4 is 11.6 Å². The van der Waals surface area contributed by atoms with Crippen molar-refractivity contribution in [2.45, 2.75) is 0 Å². The molecule has 0 radical (unpaired) electrons. The number of para-hydroxylation sites is 1. The third kappa shape index (κ3) is 3.11. The summed E-state index contributed by atoms with van der Waals surface area (Å²) in [6.07, 6.45) is 3.32. The number of ether oxygens (including phenoxy) is 1. The summed E-state index contributed by atoms with van der Waals surface area (Å²) in [5, 5.41) is 3.15. The number of aromatic nitrogens is 4. The first kappa shape index (κ1) is 13.0. The minimum absolute atomic E-state index is 0.309. The largest absolute Gasteiger partial charge is 0.467 e. The van der Waals surface area contributed by atoms with Gasteiger partial charge in [0, 0.05) is 18.1 Å². The molecule has 6 nitrogen and oxygen atoms in total. The standard InChI is InChI=1S/C15H13N5O/c1-21-15-17-10-8-13(20-15)12-7-9-16-14(19-12)18-11-5-3-2-4-6-11/h2-10H,1H3,(H,16,18,19). The summed E-state index contributed by atoms with van der Waals surface area (Å²) < 4.78 is 5.02. The van der Waals surface area contributed by atoms with Gasteiger partial charge in [0.2, 0.25) is 5.95 Å². The van der Waals surface area contributed by atoms with E-state index in [1.807, 2.05) is 30.3 Å². The molecule has 0 aliphatic heterocycles. The van der Waals surface area contributed by atoms with Crippen molar-refractivity contribution in [2.75, 3.05) is 12.4 Å². The van der Waals surface area contributed by atoms with Gasteiger partial charge < -0.3 is 10.1 Å². The molecule has 0 unspecified atom stereocenters. The van der Waals surface area contributed by atoms with Gasteiger partial charge in [-0.15, -0.1) is 0 Å². The van der Waals surface area contributed by atoms with Gasteiger partial charge in [0.1, 0.15) is 0 Å². The van der Waals surface area contributed by atoms with E-state index in [2.05, 4.69) is 25.3 Å². The zero-order chi connectivity index (χ0) is 14.5. The predicted octanol–water partition coefficient (Wildman–Crippen LogP) is 2.69. The minimum Gasteiger partial charge on any atom is -0.467 e. The maximum absolute atomic E-state index is 5.02. The fraction of sp³-hybridized carbons (Fsp3) is 0.0667. The Morgan fingerprint density at radius 1 is 0.857 bits per heavy atom. The van der Waals surface area contributed by atoms with Crippen LogP contribution in [-0.4, -0.2) is 27.0 Å². The zero-order valence-corrected chi connectivity index (χ0v) is 11.4. The Morgan fingerprint density at radius 2 is 1.57 bits per heavy atom. The molecule has 0 saturated carbocycles. The smallest absolute Gasteiger partial charge is 0.316 e. The molecule has 21 heavy (non-hydrogen) atoms. The molecule has 0 atom stereocenters. The molecule has 0 bridgehead atoms. The summed E-state index contributed by atoms with van der Waals surface area (Å²) in [6.45, 7) is 0. The Hall–Kier alpha value is -3.02. The van der Waals surface area contributed by atoms with Crippen molar-refractivity contribution in [1.29, 1.82) is 0 Å². The quantitative estimate of drug-likeness (QED) is 0.791. The van der Waals surface area contributed by atoms with Gasteiger partial charge >= 0.3 is 6.01 Å². The molecule has 0 aliphatic carbocycles. The Kier molecular flexibility index (Phi) is 3.68. The van der Waals surface area contributed by atoms with E-state index in [1.165, 1.54) is 7.11 Å². The Bertz CT molecular complexity index is 733. The SMILES string of the molecule is COc1nccc(-c2ccnc(Nc3ccccc3)n2)n1. The number of anilines is 2. The lowest BCUT2D eigenvalue weighted by atomic mass is 10.3. The monoisotopic (exact) mass is 279 g/mol. The van der Waals surface area contributed by atoms with Crippen LogP contribution in [0.1, 0.15) is 0 Å². The van der Waals surface area contributed by atoms with Crippen molar-refractivity contribution in [3.63, 3.8) is 0 Å². The second-order valence-electron chi connectivity index (χ2n) is 4.19. The molecule has 1 aromatic carbocycles. The van der Waals surface area contributed by atoms with E-state index in [1.54, 1.807) is 24.5 Å². The molecular weight excluding hydrogens is 266 g/mol. The van der Waals surface area contributed by atoms with Gasteiger partial charge in [0.25, 0.3) is 0 Å². The van der Waals surface area contributed by atoms with Crippen LogP contribution in [0.5, 0.6) is 6.01 Å². The molecule has 0 fully saturated rings. The highest BCUT2D eigenvalue weighted by Crippen LogP contribution is 2.18. The molecule has 2 aromatic heterocycles. The number of methoxy groups -OCH3 is 1. The third-order valence-corrected chi connectivity index (χ3v) is 2.76. The molecule has 1 N–H and O–H groups in total. The van der Waals surface area contributed by atoms with Crippen LogP contribution < -0.4 is 10.1 Å². The summed E-state index contributed by atoms with van der Waals surface area (Å²) in [5.74, 6) is 0.510. The molecule has 0 aliphatic rings. The summed E-state index contributed by atoms with van der Waals surface area (Å²) in [5.41, 5.74) is 2.31. The van der Waals surface area contributed by atoms with Gasteiger partial charge in [0.15, 0.2) is 0 Å². The highest BCUT2D eigenvalue weighted by Gasteiger charge is 2.05. The van der Waals surface area contributed by atoms with Crippen LogP contribution in [-0.2, 0) is 0 Å². The van der Waals surface area contributed by atoms with E-state index in [9.17, 15) is 0 Å². The van der Waals surface area contributed by atoms with Crippen LogP contribution in [0.15, 0.2) is 54.9 Å². The maximum atomic E-state index is 5.02. The highest BCUT2D eigenvalue weighted by molar-refractivity contribution is 5.58. The van der Waals surface area contributed by atoms with Crippen molar-refractivity contribution in [1.82, 2.24) is 19.9 Å². The second-order valence-corrected chi connectivity index (χ2v) is 4.19. The van der Waals surface area contributed by atoms with Crippen molar-refractivity contribution in [3.05, 3.63) is 54.9 Å². The van der Waals surface area contributed by atoms with Crippen LogP contribution >= 0.6 is 0 Å². The molecule has 0 spiro atoms. The Morgan fingerprint density at radius 3 is 2.33 bits per heavy atom. The Balaban J connectivity index is 1.89. The van der Waals surface area contributed by atoms with E-state index in [4.69, 9.17) is 4.74 Å². The van der Waals surface area contributed by atoms with E-state index >= 15 is 0 Å². The Labute approximate surface area is 121 Å². The maximum Gasteiger partial charge on any atom is 0.316 e. The van der Waals surface area contributed by atoms with E-state index in [0.717, 1.165) is 5.69 Å². The van der Waals surface area contributed by atoms with Gasteiger partial charge in [-0.05, 0) is 24.3 Å². The lowest BCUT2D eigenvalue weighted by Crippen LogP contribution is -1.99. The molecule has 0 amide bonds. The molecule has 104 valence electrons. The zero-order valence-electron chi connectivity index (χ0n) is 11.4. The first-order chi connectivity index (χ1) is 10.3. The van der Waals surface area contributed by atoms with Crippen LogP contribution in [0.2, 0.25) is 0 Å². The van der Waals surface area contributed by atoms with Gasteiger partial charge in [0.05, 0.1) is 18.5 Å². The summed E-state index contributed by atoms with van der Waals surface area (Å²) in [4.78, 5) is 16.9. The highest BCUT2D eigenvalue weighted by atomic mass is 16.5. The molecule has 3 rings (SSSR count). The fourth-order valence-corrected chi connectivity index (χ4v) is 1.79. The summed E-state index contributed by atoms with van der Waals surface area (Å²) in [7, 11) is 1.53. The van der Waals surface area contributed by atoms with Crippen molar-refractivity contribution < 1.29 is 4.74 Å². The fourth-order valence-electron chi connectivity index (χ4n) is 1.79. The minimum atomic E-state index is 0.309. The van der Waals surface area contributed by atoms with E-state index in [0.29, 0.717) is 23.3 Å². The topological polar surface area (TPSA) is 72.8 Å². The van der Waals surface area contributed by atoms with Crippen LogP contribution in [0.4, 0.5) is 11.6 Å². The van der Waals surface area contributed by atoms with Crippen LogP contribution in [0, 0.1) is 0 Å². The molecule has 2 heterocycles. The second kappa shape index (κ2) is 5.96. The van der Waals surface area contributed by atoms with E-state index < -0.39 is 0 Å². The summed E-state index contributed by atoms with van der Waals surface area (Å²) >= 11 is 0. The van der Waals surface area contributed by atoms with E-state index in [-0.39, 0.29) is 0 Å². The van der Waals surface area contributed by atoms with Gasteiger partial charge in [-0.25, -0.2) is 15.0 Å². The lowest BCUT2D eigenvalue weighted by Gasteiger charge is -2.06. The average Bonchev–Trinajstić information content (AvgIpc) is 2.56. The number of nitrogens with zero attached hydrogens (tertiary/aromatic N) is 4. The number of rotatable bonds is 4. The molecule has 3 aromatic rings. The average molecular weight is 279 g/mol. The van der Waals surface area contributed by atoms with Gasteiger partial charge in [-0.2, -0.15) is 4.98 Å². The van der Waals surface area contributed by atoms with Crippen molar-refractivity contribution in [2.24, 2.45) is 0 Å². The predicted molar refractivity (Wildman–Crippen MR) is 79.3 cm³/mol. The summed E-state index contributed by atoms with van der Waals surface area (Å²) in [6, 6.07) is 13.6. The first-order valence-electron chi connectivity index (χ1n) is 6.38.